The number of hydrogen-bond acceptors (Lipinski definition) is 5. The number of piperidine rings is 1. The summed E-state index contributed by atoms with van der Waals surface area (Å²) in [4.78, 5) is 12.6. The minimum atomic E-state index is -4.00. The van der Waals surface area contributed by atoms with Crippen LogP contribution in [0.3, 0.4) is 0 Å². The van der Waals surface area contributed by atoms with Crippen molar-refractivity contribution in [2.45, 2.75) is 31.6 Å². The zero-order valence-electron chi connectivity index (χ0n) is 19.6. The number of rotatable bonds is 6. The average Bonchev–Trinajstić information content (AvgIpc) is 3.21. The second kappa shape index (κ2) is 10.5. The van der Waals surface area contributed by atoms with Gasteiger partial charge in [0.1, 0.15) is 17.3 Å². The van der Waals surface area contributed by atoms with Crippen LogP contribution in [0, 0.1) is 31.4 Å². The second-order valence-electron chi connectivity index (χ2n) is 8.59. The first kappa shape index (κ1) is 26.0. The van der Waals surface area contributed by atoms with Crippen molar-refractivity contribution >= 4 is 45.4 Å². The molecule has 1 saturated heterocycles. The fraction of sp³-hybridized carbons (Fsp3) is 0.280. The lowest BCUT2D eigenvalue weighted by Crippen LogP contribution is -2.41. The fourth-order valence-corrected chi connectivity index (χ4v) is 6.04. The van der Waals surface area contributed by atoms with E-state index in [9.17, 15) is 22.0 Å². The molecule has 0 spiro atoms. The van der Waals surface area contributed by atoms with E-state index in [0.29, 0.717) is 23.6 Å². The predicted octanol–water partition coefficient (Wildman–Crippen LogP) is 5.43. The maximum atomic E-state index is 14.0. The Balaban J connectivity index is 1.46. The van der Waals surface area contributed by atoms with Gasteiger partial charge in [0, 0.05) is 41.3 Å². The number of halogens is 3. The van der Waals surface area contributed by atoms with E-state index in [4.69, 9.17) is 16.1 Å². The molecule has 1 N–H and O–H groups in total. The largest absolute Gasteiger partial charge is 0.355 e. The van der Waals surface area contributed by atoms with Crippen molar-refractivity contribution in [3.05, 3.63) is 75.6 Å². The van der Waals surface area contributed by atoms with Crippen LogP contribution >= 0.6 is 11.6 Å². The first-order valence-corrected chi connectivity index (χ1v) is 13.0. The molecule has 1 aromatic heterocycles. The summed E-state index contributed by atoms with van der Waals surface area (Å²) in [5, 5.41) is 7.24. The van der Waals surface area contributed by atoms with E-state index in [1.165, 1.54) is 29.4 Å². The van der Waals surface area contributed by atoms with Crippen LogP contribution in [0.1, 0.15) is 35.4 Å². The van der Waals surface area contributed by atoms with Crippen molar-refractivity contribution in [1.82, 2.24) is 9.46 Å². The number of carbonyl (C=O) groups excluding carboxylic acids is 1. The molecule has 7 nitrogen and oxygen atoms in total. The smallest absolute Gasteiger partial charge is 0.248 e. The van der Waals surface area contributed by atoms with E-state index in [1.54, 1.807) is 18.2 Å². The van der Waals surface area contributed by atoms with Crippen molar-refractivity contribution in [1.29, 1.82) is 0 Å². The van der Waals surface area contributed by atoms with E-state index in [0.717, 1.165) is 17.7 Å². The molecule has 0 aliphatic carbocycles. The molecular weight excluding hydrogens is 512 g/mol. The van der Waals surface area contributed by atoms with E-state index >= 15 is 0 Å². The number of hydrogen-bond donors (Lipinski definition) is 1. The lowest BCUT2D eigenvalue weighted by atomic mass is 9.97. The first-order chi connectivity index (χ1) is 17.1. The Hall–Kier alpha value is -3.08. The molecule has 0 saturated carbocycles. The van der Waals surface area contributed by atoms with Crippen molar-refractivity contribution < 1.29 is 26.5 Å². The highest BCUT2D eigenvalue weighted by Crippen LogP contribution is 2.30. The normalized spacial score (nSPS) is 15.5. The van der Waals surface area contributed by atoms with Crippen LogP contribution in [-0.4, -0.2) is 36.9 Å². The van der Waals surface area contributed by atoms with E-state index < -0.39 is 21.7 Å². The molecule has 0 radical (unpaired) electrons. The van der Waals surface area contributed by atoms with Gasteiger partial charge in [0.05, 0.1) is 0 Å². The highest BCUT2D eigenvalue weighted by atomic mass is 35.5. The van der Waals surface area contributed by atoms with Crippen LogP contribution in [0.25, 0.3) is 12.2 Å². The van der Waals surface area contributed by atoms with Crippen molar-refractivity contribution in [3.63, 3.8) is 0 Å². The van der Waals surface area contributed by atoms with Crippen LogP contribution in [0.4, 0.5) is 14.5 Å². The van der Waals surface area contributed by atoms with Gasteiger partial charge >= 0.3 is 0 Å². The molecule has 0 bridgehead atoms. The van der Waals surface area contributed by atoms with E-state index in [1.807, 2.05) is 6.92 Å². The summed E-state index contributed by atoms with van der Waals surface area (Å²) in [5.74, 6) is -2.10. The topological polar surface area (TPSA) is 92.5 Å². The van der Waals surface area contributed by atoms with Crippen LogP contribution in [0.2, 0.25) is 5.02 Å². The van der Waals surface area contributed by atoms with Crippen LogP contribution in [0.15, 0.2) is 45.8 Å². The number of nitrogens with zero attached hydrogens (tertiary/aromatic N) is 2. The molecule has 4 rings (SSSR count). The summed E-state index contributed by atoms with van der Waals surface area (Å²) in [6, 6.07) is 8.25. The minimum Gasteiger partial charge on any atom is -0.355 e. The third-order valence-electron chi connectivity index (χ3n) is 6.08. The van der Waals surface area contributed by atoms with Gasteiger partial charge in [-0.25, -0.2) is 17.2 Å². The SMILES string of the molecule is Cc1cc(Cl)ccc1NC(=O)C1CCN(S(=O)(=O)c2c(C)noc2/C=C/c2ccc(F)cc2F)CC1. The summed E-state index contributed by atoms with van der Waals surface area (Å²) < 4.78 is 60.4. The van der Waals surface area contributed by atoms with Crippen molar-refractivity contribution in [2.75, 3.05) is 18.4 Å². The van der Waals surface area contributed by atoms with Gasteiger partial charge in [-0.1, -0.05) is 16.8 Å². The third kappa shape index (κ3) is 5.50. The molecule has 36 heavy (non-hydrogen) atoms. The number of benzene rings is 2. The molecule has 1 aliphatic heterocycles. The molecule has 3 aromatic rings. The van der Waals surface area contributed by atoms with Gasteiger partial charge in [-0.15, -0.1) is 0 Å². The monoisotopic (exact) mass is 535 g/mol. The molecule has 2 heterocycles. The molecule has 0 atom stereocenters. The molecule has 11 heteroatoms. The van der Waals surface area contributed by atoms with E-state index in [-0.39, 0.29) is 46.8 Å². The third-order valence-corrected chi connectivity index (χ3v) is 8.37. The fourth-order valence-electron chi connectivity index (χ4n) is 4.09. The summed E-state index contributed by atoms with van der Waals surface area (Å²) >= 11 is 5.97. The number of sulfonamides is 1. The lowest BCUT2D eigenvalue weighted by Gasteiger charge is -2.30. The number of anilines is 1. The summed E-state index contributed by atoms with van der Waals surface area (Å²) in [6.45, 7) is 3.62. The quantitative estimate of drug-likeness (QED) is 0.454. The van der Waals surface area contributed by atoms with Crippen LogP contribution < -0.4 is 5.32 Å². The maximum absolute atomic E-state index is 14.0. The number of nitrogens with one attached hydrogen (secondary N) is 1. The summed E-state index contributed by atoms with van der Waals surface area (Å²) in [7, 11) is -4.00. The molecular formula is C25H24ClF2N3O4S. The molecule has 1 aliphatic rings. The van der Waals surface area contributed by atoms with Crippen molar-refractivity contribution in [2.24, 2.45) is 5.92 Å². The number of carbonyl (C=O) groups is 1. The molecule has 0 unspecified atom stereocenters. The molecule has 1 amide bonds. The standard InChI is InChI=1S/C25H24ClF2N3O4S/c1-15-13-19(26)5-7-22(15)29-25(32)18-9-11-31(12-10-18)36(33,34)24-16(2)30-35-23(24)8-4-17-3-6-20(27)14-21(17)28/h3-8,13-14,18H,9-12H2,1-2H3,(H,29,32)/b8-4+. The predicted molar refractivity (Wildman–Crippen MR) is 133 cm³/mol. The van der Waals surface area contributed by atoms with Gasteiger partial charge in [-0.3, -0.25) is 4.79 Å². The van der Waals surface area contributed by atoms with Gasteiger partial charge in [-0.2, -0.15) is 4.31 Å². The number of aryl methyl sites for hydroxylation is 2. The number of amides is 1. The zero-order valence-corrected chi connectivity index (χ0v) is 21.2. The van der Waals surface area contributed by atoms with Gasteiger partial charge in [0.15, 0.2) is 10.7 Å². The molecule has 1 fully saturated rings. The first-order valence-electron chi connectivity index (χ1n) is 11.2. The Kier molecular flexibility index (Phi) is 7.58. The van der Waals surface area contributed by atoms with Crippen LogP contribution in [0.5, 0.6) is 0 Å². The Morgan fingerprint density at radius 1 is 1.14 bits per heavy atom. The maximum Gasteiger partial charge on any atom is 0.248 e. The summed E-state index contributed by atoms with van der Waals surface area (Å²) in [6.07, 6.45) is 3.27. The Bertz CT molecular complexity index is 1430. The minimum absolute atomic E-state index is 0.0608. The lowest BCUT2D eigenvalue weighted by molar-refractivity contribution is -0.120. The van der Waals surface area contributed by atoms with Gasteiger partial charge in [0.2, 0.25) is 15.9 Å². The second-order valence-corrected chi connectivity index (χ2v) is 10.9. The summed E-state index contributed by atoms with van der Waals surface area (Å²) in [5.41, 5.74) is 1.72. The Labute approximate surface area is 212 Å². The van der Waals surface area contributed by atoms with Gasteiger partial charge in [-0.05, 0) is 74.7 Å². The van der Waals surface area contributed by atoms with Crippen molar-refractivity contribution in [3.8, 4) is 0 Å². The Morgan fingerprint density at radius 2 is 1.86 bits per heavy atom. The zero-order chi connectivity index (χ0) is 26.0. The Morgan fingerprint density at radius 3 is 2.53 bits per heavy atom. The number of aromatic nitrogens is 1. The van der Waals surface area contributed by atoms with Crippen LogP contribution in [-0.2, 0) is 14.8 Å². The molecule has 190 valence electrons. The molecule has 2 aromatic carbocycles. The highest BCUT2D eigenvalue weighted by Gasteiger charge is 2.36. The van der Waals surface area contributed by atoms with Gasteiger partial charge in [0.25, 0.3) is 0 Å². The average molecular weight is 536 g/mol. The van der Waals surface area contributed by atoms with Gasteiger partial charge < -0.3 is 9.84 Å². The highest BCUT2D eigenvalue weighted by molar-refractivity contribution is 7.89. The van der Waals surface area contributed by atoms with E-state index in [2.05, 4.69) is 10.5 Å².